The summed E-state index contributed by atoms with van der Waals surface area (Å²) in [7, 11) is 6.35. The third-order valence-corrected chi connectivity index (χ3v) is 8.47. The molecule has 4 heterocycles. The fraction of sp³-hybridized carbons (Fsp3) is 0.393. The fourth-order valence-electron chi connectivity index (χ4n) is 4.90. The largest absolute Gasteiger partial charge is 0.501 e. The first-order valence-electron chi connectivity index (χ1n) is 13.6. The van der Waals surface area contributed by atoms with Crippen molar-refractivity contribution in [3.8, 4) is 16.5 Å². The molecule has 0 spiro atoms. The normalized spacial score (nSPS) is 15.1. The van der Waals surface area contributed by atoms with Gasteiger partial charge in [0.15, 0.2) is 5.69 Å². The Morgan fingerprint density at radius 2 is 1.84 bits per heavy atom. The quantitative estimate of drug-likeness (QED) is 0.288. The molecule has 1 unspecified atom stereocenters. The van der Waals surface area contributed by atoms with Crippen LogP contribution in [-0.4, -0.2) is 116 Å². The van der Waals surface area contributed by atoms with Crippen LogP contribution in [0.3, 0.4) is 0 Å². The number of hydrogen-bond acceptors (Lipinski definition) is 10. The van der Waals surface area contributed by atoms with Crippen LogP contribution < -0.4 is 10.5 Å². The van der Waals surface area contributed by atoms with E-state index in [0.29, 0.717) is 23.5 Å². The second kappa shape index (κ2) is 12.2. The van der Waals surface area contributed by atoms with Crippen molar-refractivity contribution < 1.29 is 24.2 Å². The fourth-order valence-corrected chi connectivity index (χ4v) is 5.82. The second-order valence-corrected chi connectivity index (χ2v) is 11.8. The maximum Gasteiger partial charge on any atom is 0.316 e. The van der Waals surface area contributed by atoms with E-state index >= 15 is 0 Å². The number of aliphatic hydroxyl groups excluding tert-OH is 1. The summed E-state index contributed by atoms with van der Waals surface area (Å²) in [6.07, 6.45) is 4.13. The summed E-state index contributed by atoms with van der Waals surface area (Å²) in [5, 5.41) is 21.9. The highest BCUT2D eigenvalue weighted by molar-refractivity contribution is 7.15. The van der Waals surface area contributed by atoms with Crippen LogP contribution in [-0.2, 0) is 22.6 Å². The lowest BCUT2D eigenvalue weighted by Crippen LogP contribution is -2.50. The van der Waals surface area contributed by atoms with Gasteiger partial charge < -0.3 is 29.5 Å². The van der Waals surface area contributed by atoms with Crippen LogP contribution in [0.15, 0.2) is 41.6 Å². The van der Waals surface area contributed by atoms with Gasteiger partial charge in [-0.05, 0) is 24.7 Å². The van der Waals surface area contributed by atoms with Gasteiger partial charge in [0.05, 0.1) is 12.2 Å². The number of aromatic hydroxyl groups is 1. The molecule has 15 heteroatoms. The Bertz CT molecular complexity index is 1730. The smallest absolute Gasteiger partial charge is 0.316 e. The van der Waals surface area contributed by atoms with E-state index in [0.717, 1.165) is 22.9 Å². The maximum atomic E-state index is 14.2. The first-order valence-corrected chi connectivity index (χ1v) is 14.4. The summed E-state index contributed by atoms with van der Waals surface area (Å²) in [5.74, 6) is -2.45. The van der Waals surface area contributed by atoms with Crippen molar-refractivity contribution in [1.82, 2.24) is 33.6 Å². The molecule has 0 saturated carbocycles. The number of likely N-dealkylation sites (N-methyl/N-ethyl adjacent to an activating group) is 3. The lowest BCUT2D eigenvalue weighted by Gasteiger charge is -2.35. The highest BCUT2D eigenvalue weighted by atomic mass is 32.1. The van der Waals surface area contributed by atoms with E-state index in [-0.39, 0.29) is 35.1 Å². The number of aliphatic hydroxyl groups is 1. The Balaban J connectivity index is 1.42. The average Bonchev–Trinajstić information content (AvgIpc) is 3.62. The minimum Gasteiger partial charge on any atom is -0.501 e. The summed E-state index contributed by atoms with van der Waals surface area (Å²) in [4.78, 5) is 54.0. The number of rotatable bonds is 7. The van der Waals surface area contributed by atoms with E-state index in [4.69, 9.17) is 0 Å². The Labute approximate surface area is 250 Å². The number of nitrogens with zero attached hydrogens (tertiary/aromatic N) is 8. The van der Waals surface area contributed by atoms with Gasteiger partial charge in [-0.2, -0.15) is 0 Å². The van der Waals surface area contributed by atoms with Gasteiger partial charge >= 0.3 is 17.4 Å². The predicted molar refractivity (Wildman–Crippen MR) is 159 cm³/mol. The van der Waals surface area contributed by atoms with Crippen LogP contribution in [0.1, 0.15) is 10.4 Å². The molecule has 228 valence electrons. The number of anilines is 1. The first-order chi connectivity index (χ1) is 20.4. The molecule has 5 rings (SSSR count). The number of piperazine rings is 1. The van der Waals surface area contributed by atoms with Crippen molar-refractivity contribution in [2.24, 2.45) is 0 Å². The van der Waals surface area contributed by atoms with Gasteiger partial charge in [-0.3, -0.25) is 19.3 Å². The molecule has 2 N–H and O–H groups in total. The summed E-state index contributed by atoms with van der Waals surface area (Å²) in [6.45, 7) is 3.28. The van der Waals surface area contributed by atoms with Gasteiger partial charge in [-0.1, -0.05) is 6.07 Å². The number of thiazole rings is 1. The molecule has 0 radical (unpaired) electrons. The number of aromatic nitrogens is 4. The van der Waals surface area contributed by atoms with E-state index in [1.165, 1.54) is 61.3 Å². The van der Waals surface area contributed by atoms with Crippen molar-refractivity contribution in [1.29, 1.82) is 0 Å². The highest BCUT2D eigenvalue weighted by Gasteiger charge is 2.26. The van der Waals surface area contributed by atoms with Crippen molar-refractivity contribution >= 4 is 34.6 Å². The van der Waals surface area contributed by atoms with Crippen molar-refractivity contribution in [2.75, 3.05) is 59.3 Å². The third-order valence-electron chi connectivity index (χ3n) is 7.47. The van der Waals surface area contributed by atoms with E-state index in [1.54, 1.807) is 17.0 Å². The van der Waals surface area contributed by atoms with E-state index in [9.17, 15) is 29.0 Å². The molecule has 1 fully saturated rings. The van der Waals surface area contributed by atoms with E-state index in [2.05, 4.69) is 14.9 Å². The molecule has 3 aromatic heterocycles. The zero-order valence-corrected chi connectivity index (χ0v) is 25.1. The predicted octanol–water partition coefficient (Wildman–Crippen LogP) is 0.672. The van der Waals surface area contributed by atoms with Gasteiger partial charge in [0, 0.05) is 77.2 Å². The number of imidazole rings is 1. The van der Waals surface area contributed by atoms with Crippen molar-refractivity contribution in [3.05, 3.63) is 63.4 Å². The molecule has 1 aliphatic heterocycles. The van der Waals surface area contributed by atoms with Gasteiger partial charge in [-0.15, -0.1) is 11.3 Å². The van der Waals surface area contributed by atoms with Crippen LogP contribution >= 0.6 is 11.3 Å². The highest BCUT2D eigenvalue weighted by Crippen LogP contribution is 2.32. The van der Waals surface area contributed by atoms with E-state index < -0.39 is 35.2 Å². The van der Waals surface area contributed by atoms with Crippen LogP contribution in [0.5, 0.6) is 5.75 Å². The molecule has 1 aromatic carbocycles. The van der Waals surface area contributed by atoms with Crippen molar-refractivity contribution in [3.63, 3.8) is 0 Å². The van der Waals surface area contributed by atoms with E-state index in [1.807, 2.05) is 11.9 Å². The van der Waals surface area contributed by atoms with Gasteiger partial charge in [0.1, 0.15) is 17.1 Å². The molecule has 13 nitrogen and oxygen atoms in total. The molecule has 1 saturated heterocycles. The Kier molecular flexibility index (Phi) is 8.59. The zero-order chi connectivity index (χ0) is 31.0. The number of halogens is 1. The van der Waals surface area contributed by atoms with Crippen LogP contribution in [0.4, 0.5) is 10.1 Å². The number of benzene rings is 1. The second-order valence-electron chi connectivity index (χ2n) is 10.7. The standard InChI is InChI=1S/C28H33FN8O5S/c1-32(2)26(41)27(42)34(4)20-14-18(29)6-5-17(20)13-19-15-30-24(43-19)22-23(39)25(40)37-12-11-36(28(37)31-22)16-21(38)35-9-7-33(3)8-10-35/h5-6,11-12,14-15,21,38-39H,7-10,13,16H2,1-4H3. The summed E-state index contributed by atoms with van der Waals surface area (Å²) < 4.78 is 17.1. The van der Waals surface area contributed by atoms with Crippen LogP contribution in [0.25, 0.3) is 16.5 Å². The Morgan fingerprint density at radius 3 is 2.53 bits per heavy atom. The number of carbonyl (C=O) groups is 2. The maximum absolute atomic E-state index is 14.2. The Hall–Kier alpha value is -4.18. The number of fused-ring (bicyclic) bond motifs is 1. The van der Waals surface area contributed by atoms with Gasteiger partial charge in [0.2, 0.25) is 11.5 Å². The first kappa shape index (κ1) is 30.3. The van der Waals surface area contributed by atoms with Crippen LogP contribution in [0, 0.1) is 5.82 Å². The zero-order valence-electron chi connectivity index (χ0n) is 24.3. The summed E-state index contributed by atoms with van der Waals surface area (Å²) in [6, 6.07) is 3.98. The SMILES string of the molecule is CN1CCN(C(O)Cn2ccn3c(=O)c(O)c(-c4ncc(Cc5ccc(F)cc5N(C)C(=O)C(=O)N(C)C)s4)nc23)CC1. The molecule has 4 aromatic rings. The molecular formula is C28H33FN8O5S. The topological polar surface area (TPSA) is 140 Å². The summed E-state index contributed by atoms with van der Waals surface area (Å²) in [5.41, 5.74) is 0.126. The molecule has 1 atom stereocenters. The molecule has 0 aliphatic carbocycles. The molecule has 2 amide bonds. The minimum absolute atomic E-state index is 0.00140. The lowest BCUT2D eigenvalue weighted by molar-refractivity contribution is -0.142. The molecule has 0 bridgehead atoms. The minimum atomic E-state index is -0.814. The lowest BCUT2D eigenvalue weighted by atomic mass is 10.1. The number of amides is 2. The monoisotopic (exact) mass is 612 g/mol. The average molecular weight is 613 g/mol. The van der Waals surface area contributed by atoms with Gasteiger partial charge in [0.25, 0.3) is 0 Å². The summed E-state index contributed by atoms with van der Waals surface area (Å²) >= 11 is 1.18. The number of hydrogen-bond donors (Lipinski definition) is 2. The third kappa shape index (κ3) is 6.15. The number of carbonyl (C=O) groups excluding carboxylic acids is 2. The van der Waals surface area contributed by atoms with Crippen molar-refractivity contribution in [2.45, 2.75) is 19.2 Å². The van der Waals surface area contributed by atoms with Crippen LogP contribution in [0.2, 0.25) is 0 Å². The molecule has 1 aliphatic rings. The van der Waals surface area contributed by atoms with Gasteiger partial charge in [-0.25, -0.2) is 18.8 Å². The molecule has 43 heavy (non-hydrogen) atoms. The molecular weight excluding hydrogens is 579 g/mol. The Morgan fingerprint density at radius 1 is 1.12 bits per heavy atom.